The molecule has 1 heterocycles. The van der Waals surface area contributed by atoms with Gasteiger partial charge in [-0.1, -0.05) is 29.8 Å². The van der Waals surface area contributed by atoms with Crippen LogP contribution in [0, 0.1) is 18.3 Å². The standard InChI is InChI=1S/C15H15N3/c1-12-5-3-6-13(9-12)11-18(2)15-14(10-16)7-4-8-17-15/h3-9H,11H2,1-2H3. The third-order valence-electron chi connectivity index (χ3n) is 2.77. The van der Waals surface area contributed by atoms with Gasteiger partial charge in [0, 0.05) is 19.8 Å². The number of aryl methyl sites for hydroxylation is 1. The van der Waals surface area contributed by atoms with Crippen molar-refractivity contribution in [1.29, 1.82) is 5.26 Å². The molecule has 0 bridgehead atoms. The summed E-state index contributed by atoms with van der Waals surface area (Å²) < 4.78 is 0. The van der Waals surface area contributed by atoms with Crippen molar-refractivity contribution in [3.63, 3.8) is 0 Å². The molecule has 0 amide bonds. The fraction of sp³-hybridized carbons (Fsp3) is 0.200. The molecule has 1 aromatic heterocycles. The van der Waals surface area contributed by atoms with Gasteiger partial charge in [0.2, 0.25) is 0 Å². The minimum absolute atomic E-state index is 0.604. The number of pyridine rings is 1. The van der Waals surface area contributed by atoms with E-state index in [9.17, 15) is 0 Å². The first-order valence-corrected chi connectivity index (χ1v) is 5.82. The van der Waals surface area contributed by atoms with Crippen LogP contribution in [0.5, 0.6) is 0 Å². The zero-order chi connectivity index (χ0) is 13.0. The largest absolute Gasteiger partial charge is 0.354 e. The Bertz CT molecular complexity index is 584. The first kappa shape index (κ1) is 12.1. The van der Waals surface area contributed by atoms with E-state index in [4.69, 9.17) is 5.26 Å². The zero-order valence-electron chi connectivity index (χ0n) is 10.6. The summed E-state index contributed by atoms with van der Waals surface area (Å²) in [5.74, 6) is 0.724. The summed E-state index contributed by atoms with van der Waals surface area (Å²) in [5, 5.41) is 9.06. The van der Waals surface area contributed by atoms with Crippen LogP contribution >= 0.6 is 0 Å². The van der Waals surface area contributed by atoms with Gasteiger partial charge in [-0.05, 0) is 24.6 Å². The lowest BCUT2D eigenvalue weighted by molar-refractivity contribution is 0.894. The molecule has 0 unspecified atom stereocenters. The van der Waals surface area contributed by atoms with Crippen molar-refractivity contribution in [3.8, 4) is 6.07 Å². The lowest BCUT2D eigenvalue weighted by Crippen LogP contribution is -2.18. The van der Waals surface area contributed by atoms with Crippen LogP contribution in [0.3, 0.4) is 0 Å². The van der Waals surface area contributed by atoms with Crippen LogP contribution in [0.15, 0.2) is 42.6 Å². The van der Waals surface area contributed by atoms with Gasteiger partial charge in [0.1, 0.15) is 11.9 Å². The van der Waals surface area contributed by atoms with E-state index in [0.29, 0.717) is 5.56 Å². The van der Waals surface area contributed by atoms with Crippen LogP contribution in [-0.4, -0.2) is 12.0 Å². The molecule has 0 aliphatic carbocycles. The van der Waals surface area contributed by atoms with Gasteiger partial charge >= 0.3 is 0 Å². The van der Waals surface area contributed by atoms with Crippen molar-refractivity contribution in [2.75, 3.05) is 11.9 Å². The van der Waals surface area contributed by atoms with Gasteiger partial charge < -0.3 is 4.90 Å². The molecule has 2 aromatic rings. The minimum Gasteiger partial charge on any atom is -0.354 e. The van der Waals surface area contributed by atoms with Gasteiger partial charge in [0.15, 0.2) is 0 Å². The van der Waals surface area contributed by atoms with E-state index >= 15 is 0 Å². The average molecular weight is 237 g/mol. The second-order valence-electron chi connectivity index (χ2n) is 4.33. The van der Waals surface area contributed by atoms with E-state index in [-0.39, 0.29) is 0 Å². The lowest BCUT2D eigenvalue weighted by atomic mass is 10.1. The molecule has 0 radical (unpaired) electrons. The molecule has 18 heavy (non-hydrogen) atoms. The Balaban J connectivity index is 2.22. The fourth-order valence-electron chi connectivity index (χ4n) is 1.95. The van der Waals surface area contributed by atoms with Crippen LogP contribution in [0.25, 0.3) is 0 Å². The van der Waals surface area contributed by atoms with E-state index in [1.807, 2.05) is 18.0 Å². The summed E-state index contributed by atoms with van der Waals surface area (Å²) in [6.45, 7) is 2.82. The number of rotatable bonds is 3. The molecule has 0 saturated carbocycles. The second kappa shape index (κ2) is 5.33. The highest BCUT2D eigenvalue weighted by Gasteiger charge is 2.08. The highest BCUT2D eigenvalue weighted by atomic mass is 15.2. The maximum atomic E-state index is 9.06. The van der Waals surface area contributed by atoms with Crippen LogP contribution in [0.4, 0.5) is 5.82 Å². The Morgan fingerprint density at radius 2 is 2.11 bits per heavy atom. The Morgan fingerprint density at radius 1 is 1.28 bits per heavy atom. The van der Waals surface area contributed by atoms with Crippen LogP contribution in [-0.2, 0) is 6.54 Å². The predicted octanol–water partition coefficient (Wildman–Crippen LogP) is 2.90. The Labute approximate surface area is 107 Å². The van der Waals surface area contributed by atoms with E-state index in [1.54, 1.807) is 18.3 Å². The van der Waals surface area contributed by atoms with E-state index < -0.39 is 0 Å². The smallest absolute Gasteiger partial charge is 0.146 e. The number of aromatic nitrogens is 1. The molecule has 0 saturated heterocycles. The maximum Gasteiger partial charge on any atom is 0.146 e. The van der Waals surface area contributed by atoms with Crippen LogP contribution < -0.4 is 4.90 Å². The van der Waals surface area contributed by atoms with Crippen molar-refractivity contribution in [2.45, 2.75) is 13.5 Å². The third-order valence-corrected chi connectivity index (χ3v) is 2.77. The number of benzene rings is 1. The fourth-order valence-corrected chi connectivity index (χ4v) is 1.95. The van der Waals surface area contributed by atoms with Crippen molar-refractivity contribution in [3.05, 3.63) is 59.3 Å². The molecular formula is C15H15N3. The summed E-state index contributed by atoms with van der Waals surface area (Å²) in [4.78, 5) is 6.26. The molecule has 0 aliphatic heterocycles. The normalized spacial score (nSPS) is 9.83. The third kappa shape index (κ3) is 2.67. The summed E-state index contributed by atoms with van der Waals surface area (Å²) in [5.41, 5.74) is 3.06. The summed E-state index contributed by atoms with van der Waals surface area (Å²) in [6.07, 6.45) is 1.71. The molecule has 3 heteroatoms. The molecule has 0 fully saturated rings. The van der Waals surface area contributed by atoms with Gasteiger partial charge in [-0.2, -0.15) is 5.26 Å². The topological polar surface area (TPSA) is 39.9 Å². The number of anilines is 1. The molecule has 0 aliphatic rings. The molecule has 1 aromatic carbocycles. The van der Waals surface area contributed by atoms with Gasteiger partial charge in [0.25, 0.3) is 0 Å². The van der Waals surface area contributed by atoms with E-state index in [1.165, 1.54) is 11.1 Å². The Hall–Kier alpha value is -2.34. The quantitative estimate of drug-likeness (QED) is 0.824. The summed E-state index contributed by atoms with van der Waals surface area (Å²) >= 11 is 0. The minimum atomic E-state index is 0.604. The predicted molar refractivity (Wildman–Crippen MR) is 72.2 cm³/mol. The van der Waals surface area contributed by atoms with E-state index in [2.05, 4.69) is 36.2 Å². The van der Waals surface area contributed by atoms with Crippen molar-refractivity contribution in [2.24, 2.45) is 0 Å². The molecular weight excluding hydrogens is 222 g/mol. The highest BCUT2D eigenvalue weighted by molar-refractivity contribution is 5.53. The van der Waals surface area contributed by atoms with Crippen molar-refractivity contribution < 1.29 is 0 Å². The SMILES string of the molecule is Cc1cccc(CN(C)c2ncccc2C#N)c1. The molecule has 90 valence electrons. The lowest BCUT2D eigenvalue weighted by Gasteiger charge is -2.19. The van der Waals surface area contributed by atoms with Gasteiger partial charge in [0.05, 0.1) is 5.56 Å². The van der Waals surface area contributed by atoms with Gasteiger partial charge in [-0.15, -0.1) is 0 Å². The van der Waals surface area contributed by atoms with Crippen molar-refractivity contribution in [1.82, 2.24) is 4.98 Å². The molecule has 2 rings (SSSR count). The first-order valence-electron chi connectivity index (χ1n) is 5.82. The molecule has 0 N–H and O–H groups in total. The second-order valence-corrected chi connectivity index (χ2v) is 4.33. The molecule has 0 spiro atoms. The Kier molecular flexibility index (Phi) is 3.59. The number of nitrogens with zero attached hydrogens (tertiary/aromatic N) is 3. The van der Waals surface area contributed by atoms with Crippen molar-refractivity contribution >= 4 is 5.82 Å². The maximum absolute atomic E-state index is 9.06. The molecule has 3 nitrogen and oxygen atoms in total. The number of hydrogen-bond acceptors (Lipinski definition) is 3. The van der Waals surface area contributed by atoms with Gasteiger partial charge in [-0.25, -0.2) is 4.98 Å². The summed E-state index contributed by atoms with van der Waals surface area (Å²) in [6, 6.07) is 14.1. The van der Waals surface area contributed by atoms with E-state index in [0.717, 1.165) is 12.4 Å². The monoisotopic (exact) mass is 237 g/mol. The van der Waals surface area contributed by atoms with Crippen LogP contribution in [0.2, 0.25) is 0 Å². The highest BCUT2D eigenvalue weighted by Crippen LogP contribution is 2.17. The van der Waals surface area contributed by atoms with Crippen LogP contribution in [0.1, 0.15) is 16.7 Å². The Morgan fingerprint density at radius 3 is 2.83 bits per heavy atom. The number of nitriles is 1. The average Bonchev–Trinajstić information content (AvgIpc) is 2.38. The zero-order valence-corrected chi connectivity index (χ0v) is 10.6. The van der Waals surface area contributed by atoms with Gasteiger partial charge in [-0.3, -0.25) is 0 Å². The molecule has 0 atom stereocenters. The first-order chi connectivity index (χ1) is 8.70. The number of hydrogen-bond donors (Lipinski definition) is 0. The summed E-state index contributed by atoms with van der Waals surface area (Å²) in [7, 11) is 1.95.